The Morgan fingerprint density at radius 1 is 1.15 bits per heavy atom. The molecule has 1 aliphatic carbocycles. The number of alkyl halides is 3. The van der Waals surface area contributed by atoms with E-state index in [9.17, 15) is 22.4 Å². The monoisotopic (exact) mass is 478 g/mol. The van der Waals surface area contributed by atoms with Crippen molar-refractivity contribution < 1.29 is 22.3 Å². The van der Waals surface area contributed by atoms with E-state index in [0.29, 0.717) is 36.6 Å². The van der Waals surface area contributed by atoms with Gasteiger partial charge in [0.05, 0.1) is 41.9 Å². The third kappa shape index (κ3) is 4.29. The zero-order chi connectivity index (χ0) is 24.0. The molecule has 1 saturated carbocycles. The molecule has 2 aromatic heterocycles. The highest BCUT2D eigenvalue weighted by Gasteiger charge is 2.33. The van der Waals surface area contributed by atoms with E-state index in [-0.39, 0.29) is 29.5 Å². The van der Waals surface area contributed by atoms with Crippen molar-refractivity contribution in [1.82, 2.24) is 24.8 Å². The van der Waals surface area contributed by atoms with Crippen LogP contribution in [0.25, 0.3) is 11.3 Å². The second-order valence-electron chi connectivity index (χ2n) is 8.63. The Morgan fingerprint density at radius 3 is 2.53 bits per heavy atom. The lowest BCUT2D eigenvalue weighted by Gasteiger charge is -2.43. The lowest BCUT2D eigenvalue weighted by molar-refractivity contribution is -0.137. The number of benzene rings is 1. The summed E-state index contributed by atoms with van der Waals surface area (Å²) in [5.41, 5.74) is -0.547. The molecule has 1 aliphatic heterocycles. The standard InChI is InChI=1S/C22H22F4N6O2/c1-30-19(21(28-29-30)17-6-5-13(7-18(17)23)22(24,25)26)12-32-20(33)8-14(9-27-32)31-10-16(11-31)34-15-3-2-4-15/h5-9,15-16H,2-4,10-12H2,1H3. The molecule has 2 fully saturated rings. The second-order valence-corrected chi connectivity index (χ2v) is 8.63. The molecule has 0 unspecified atom stereocenters. The Hall–Kier alpha value is -3.28. The Labute approximate surface area is 191 Å². The van der Waals surface area contributed by atoms with Gasteiger partial charge >= 0.3 is 6.18 Å². The number of anilines is 1. The predicted molar refractivity (Wildman–Crippen MR) is 114 cm³/mol. The van der Waals surface area contributed by atoms with Crippen molar-refractivity contribution in [2.24, 2.45) is 7.05 Å². The average molecular weight is 478 g/mol. The number of aromatic nitrogens is 5. The van der Waals surface area contributed by atoms with Crippen LogP contribution in [0.3, 0.4) is 0 Å². The molecule has 8 nitrogen and oxygen atoms in total. The van der Waals surface area contributed by atoms with Crippen molar-refractivity contribution in [3.63, 3.8) is 0 Å². The number of nitrogens with zero attached hydrogens (tertiary/aromatic N) is 6. The summed E-state index contributed by atoms with van der Waals surface area (Å²) in [5.74, 6) is -1.08. The first-order valence-electron chi connectivity index (χ1n) is 10.9. The average Bonchev–Trinajstić information content (AvgIpc) is 3.06. The fraction of sp³-hybridized carbons (Fsp3) is 0.455. The maximum absolute atomic E-state index is 14.5. The highest BCUT2D eigenvalue weighted by atomic mass is 19.4. The van der Waals surface area contributed by atoms with Crippen LogP contribution < -0.4 is 10.5 Å². The van der Waals surface area contributed by atoms with Gasteiger partial charge in [0, 0.05) is 31.8 Å². The largest absolute Gasteiger partial charge is 0.416 e. The van der Waals surface area contributed by atoms with Gasteiger partial charge < -0.3 is 9.64 Å². The SMILES string of the molecule is Cn1nnc(-c2ccc(C(F)(F)F)cc2F)c1Cn1ncc(N2CC(OC3CCC3)C2)cc1=O. The van der Waals surface area contributed by atoms with Crippen molar-refractivity contribution in [3.05, 3.63) is 57.9 Å². The highest BCUT2D eigenvalue weighted by molar-refractivity contribution is 5.62. The first-order chi connectivity index (χ1) is 16.2. The Balaban J connectivity index is 1.33. The molecule has 0 spiro atoms. The molecule has 0 bridgehead atoms. The van der Waals surface area contributed by atoms with E-state index in [0.717, 1.165) is 25.0 Å². The van der Waals surface area contributed by atoms with E-state index < -0.39 is 17.6 Å². The molecule has 2 aliphatic rings. The number of ether oxygens (including phenoxy) is 1. The van der Waals surface area contributed by atoms with E-state index in [1.807, 2.05) is 4.90 Å². The van der Waals surface area contributed by atoms with Crippen LogP contribution in [-0.4, -0.2) is 50.1 Å². The van der Waals surface area contributed by atoms with Crippen molar-refractivity contribution in [2.45, 2.75) is 44.2 Å². The molecule has 3 heterocycles. The first-order valence-corrected chi connectivity index (χ1v) is 10.9. The smallest absolute Gasteiger partial charge is 0.371 e. The van der Waals surface area contributed by atoms with Crippen LogP contribution in [0.1, 0.15) is 30.5 Å². The van der Waals surface area contributed by atoms with Crippen molar-refractivity contribution in [2.75, 3.05) is 18.0 Å². The molecule has 1 saturated heterocycles. The van der Waals surface area contributed by atoms with Gasteiger partial charge in [0.1, 0.15) is 11.5 Å². The van der Waals surface area contributed by atoms with Crippen molar-refractivity contribution >= 4 is 5.69 Å². The summed E-state index contributed by atoms with van der Waals surface area (Å²) in [6, 6.07) is 3.68. The van der Waals surface area contributed by atoms with Gasteiger partial charge in [-0.1, -0.05) is 5.21 Å². The lowest BCUT2D eigenvalue weighted by Crippen LogP contribution is -2.54. The van der Waals surface area contributed by atoms with E-state index in [1.165, 1.54) is 21.9 Å². The zero-order valence-electron chi connectivity index (χ0n) is 18.3. The van der Waals surface area contributed by atoms with Crippen LogP contribution in [0, 0.1) is 5.82 Å². The van der Waals surface area contributed by atoms with E-state index in [4.69, 9.17) is 4.74 Å². The Morgan fingerprint density at radius 2 is 1.91 bits per heavy atom. The molecule has 0 radical (unpaired) electrons. The fourth-order valence-electron chi connectivity index (χ4n) is 4.02. The van der Waals surface area contributed by atoms with Gasteiger partial charge in [-0.05, 0) is 37.5 Å². The number of aryl methyl sites for hydroxylation is 1. The van der Waals surface area contributed by atoms with Gasteiger partial charge in [0.15, 0.2) is 0 Å². The topological polar surface area (TPSA) is 78.1 Å². The van der Waals surface area contributed by atoms with Crippen LogP contribution in [0.2, 0.25) is 0 Å². The minimum atomic E-state index is -4.66. The summed E-state index contributed by atoms with van der Waals surface area (Å²) in [7, 11) is 1.55. The quantitative estimate of drug-likeness (QED) is 0.507. The molecule has 0 amide bonds. The first kappa shape index (κ1) is 22.5. The van der Waals surface area contributed by atoms with E-state index in [1.54, 1.807) is 13.2 Å². The van der Waals surface area contributed by atoms with Crippen molar-refractivity contribution in [3.8, 4) is 11.3 Å². The summed E-state index contributed by atoms with van der Waals surface area (Å²) < 4.78 is 61.6. The minimum Gasteiger partial charge on any atom is -0.371 e. The molecular weight excluding hydrogens is 456 g/mol. The van der Waals surface area contributed by atoms with Gasteiger partial charge in [0.25, 0.3) is 5.56 Å². The molecular formula is C22H22F4N6O2. The summed E-state index contributed by atoms with van der Waals surface area (Å²) in [6.07, 6.45) is 0.851. The fourth-order valence-corrected chi connectivity index (χ4v) is 4.02. The van der Waals surface area contributed by atoms with Crippen LogP contribution in [0.5, 0.6) is 0 Å². The molecule has 5 rings (SSSR count). The van der Waals surface area contributed by atoms with Gasteiger partial charge in [-0.25, -0.2) is 13.8 Å². The van der Waals surface area contributed by atoms with Gasteiger partial charge in [-0.2, -0.15) is 18.3 Å². The molecule has 12 heteroatoms. The van der Waals surface area contributed by atoms with Crippen LogP contribution >= 0.6 is 0 Å². The van der Waals surface area contributed by atoms with Crippen LogP contribution in [0.15, 0.2) is 35.3 Å². The van der Waals surface area contributed by atoms with E-state index >= 15 is 0 Å². The molecule has 180 valence electrons. The lowest BCUT2D eigenvalue weighted by atomic mass is 9.95. The molecule has 3 aromatic rings. The van der Waals surface area contributed by atoms with Crippen LogP contribution in [0.4, 0.5) is 23.2 Å². The summed E-state index contributed by atoms with van der Waals surface area (Å²) in [6.45, 7) is 1.32. The van der Waals surface area contributed by atoms with E-state index in [2.05, 4.69) is 15.4 Å². The maximum Gasteiger partial charge on any atom is 0.416 e. The Kier molecular flexibility index (Phi) is 5.62. The molecule has 0 N–H and O–H groups in total. The predicted octanol–water partition coefficient (Wildman–Crippen LogP) is 3.00. The number of hydrogen-bond donors (Lipinski definition) is 0. The normalized spacial score (nSPS) is 17.0. The number of rotatable bonds is 6. The molecule has 34 heavy (non-hydrogen) atoms. The highest BCUT2D eigenvalue weighted by Crippen LogP contribution is 2.33. The minimum absolute atomic E-state index is 0.0465. The van der Waals surface area contributed by atoms with Gasteiger partial charge in [-0.15, -0.1) is 5.10 Å². The maximum atomic E-state index is 14.5. The summed E-state index contributed by atoms with van der Waals surface area (Å²) in [4.78, 5) is 14.7. The number of hydrogen-bond acceptors (Lipinski definition) is 6. The molecule has 0 atom stereocenters. The third-order valence-electron chi connectivity index (χ3n) is 6.30. The zero-order valence-corrected chi connectivity index (χ0v) is 18.3. The van der Waals surface area contributed by atoms with Gasteiger partial charge in [0.2, 0.25) is 0 Å². The summed E-state index contributed by atoms with van der Waals surface area (Å²) >= 11 is 0. The molecule has 1 aromatic carbocycles. The number of halogens is 4. The van der Waals surface area contributed by atoms with Crippen molar-refractivity contribution in [1.29, 1.82) is 0 Å². The second kappa shape index (κ2) is 8.49. The van der Waals surface area contributed by atoms with Gasteiger partial charge in [-0.3, -0.25) is 4.79 Å². The summed E-state index contributed by atoms with van der Waals surface area (Å²) in [5, 5.41) is 12.0. The Bertz CT molecular complexity index is 1260. The third-order valence-corrected chi connectivity index (χ3v) is 6.30. The van der Waals surface area contributed by atoms with Crippen LogP contribution in [-0.2, 0) is 24.5 Å².